The molecule has 1 amide bonds. The summed E-state index contributed by atoms with van der Waals surface area (Å²) in [5.41, 5.74) is 3.33. The molecule has 0 radical (unpaired) electrons. The number of aliphatic hydroxyl groups excluding tert-OH is 1. The lowest BCUT2D eigenvalue weighted by Crippen LogP contribution is -2.31. The predicted molar refractivity (Wildman–Crippen MR) is 142 cm³/mol. The third kappa shape index (κ3) is 5.25. The first kappa shape index (κ1) is 26.4. The van der Waals surface area contributed by atoms with Gasteiger partial charge in [0.25, 0.3) is 11.7 Å². The van der Waals surface area contributed by atoms with Crippen LogP contribution in [0.25, 0.3) is 11.4 Å². The Labute approximate surface area is 217 Å². The fourth-order valence-corrected chi connectivity index (χ4v) is 4.70. The van der Waals surface area contributed by atoms with Crippen molar-refractivity contribution in [3.05, 3.63) is 70.7 Å². The van der Waals surface area contributed by atoms with Crippen LogP contribution in [0.2, 0.25) is 0 Å². The zero-order chi connectivity index (χ0) is 26.7. The summed E-state index contributed by atoms with van der Waals surface area (Å²) in [5.74, 6) is -0.483. The molecule has 0 aliphatic carbocycles. The van der Waals surface area contributed by atoms with E-state index in [9.17, 15) is 14.7 Å². The van der Waals surface area contributed by atoms with Crippen LogP contribution in [0.15, 0.2) is 48.2 Å². The van der Waals surface area contributed by atoms with Crippen LogP contribution in [0.5, 0.6) is 5.75 Å². The number of hydrogen-bond acceptors (Lipinski definition) is 6. The minimum atomic E-state index is -0.768. The average Bonchev–Trinajstić information content (AvgIpc) is 3.34. The van der Waals surface area contributed by atoms with E-state index >= 15 is 0 Å². The standard InChI is InChI=1S/C29H35N3O5/c1-18(2)12-16-37-22-11-6-10-21(17-22)25-23(27(34)29(35)32(25)14-8-15-36-5)26(33)24-20(4)31-13-7-9-19(3)28(31)30-24/h6-7,9-11,13,17-18,25,33H,8,12,14-16H2,1-5H3/b26-23+. The number of benzene rings is 1. The number of hydrogen-bond donors (Lipinski definition) is 1. The number of amides is 1. The number of Topliss-reactive ketones (excluding diaryl/α,β-unsaturated/α-hetero) is 1. The Morgan fingerprint density at radius 2 is 1.92 bits per heavy atom. The number of likely N-dealkylation sites (tertiary alicyclic amines) is 1. The normalized spacial score (nSPS) is 17.4. The summed E-state index contributed by atoms with van der Waals surface area (Å²) in [7, 11) is 1.59. The first-order chi connectivity index (χ1) is 17.7. The summed E-state index contributed by atoms with van der Waals surface area (Å²) >= 11 is 0. The van der Waals surface area contributed by atoms with E-state index in [1.54, 1.807) is 7.11 Å². The second-order valence-corrected chi connectivity index (χ2v) is 9.87. The molecule has 1 aliphatic rings. The molecule has 1 atom stereocenters. The van der Waals surface area contributed by atoms with E-state index in [0.29, 0.717) is 60.4 Å². The fraction of sp³-hybridized carbons (Fsp3) is 0.414. The van der Waals surface area contributed by atoms with Crippen molar-refractivity contribution in [3.63, 3.8) is 0 Å². The lowest BCUT2D eigenvalue weighted by atomic mass is 9.96. The molecule has 3 heterocycles. The van der Waals surface area contributed by atoms with Gasteiger partial charge >= 0.3 is 0 Å². The number of rotatable bonds is 10. The first-order valence-electron chi connectivity index (χ1n) is 12.7. The van der Waals surface area contributed by atoms with Crippen molar-refractivity contribution in [2.24, 2.45) is 5.92 Å². The van der Waals surface area contributed by atoms with Gasteiger partial charge in [-0.1, -0.05) is 32.0 Å². The van der Waals surface area contributed by atoms with E-state index in [4.69, 9.17) is 9.47 Å². The highest BCUT2D eigenvalue weighted by atomic mass is 16.5. The van der Waals surface area contributed by atoms with Gasteiger partial charge in [0, 0.05) is 26.5 Å². The third-order valence-electron chi connectivity index (χ3n) is 6.73. The summed E-state index contributed by atoms with van der Waals surface area (Å²) in [5, 5.41) is 11.5. The number of carbonyl (C=O) groups excluding carboxylic acids is 2. The van der Waals surface area contributed by atoms with Crippen molar-refractivity contribution in [3.8, 4) is 5.75 Å². The second kappa shape index (κ2) is 11.2. The van der Waals surface area contributed by atoms with Crippen molar-refractivity contribution in [2.75, 3.05) is 26.9 Å². The molecule has 1 saturated heterocycles. The minimum Gasteiger partial charge on any atom is -0.505 e. The molecule has 1 aliphatic heterocycles. The maximum Gasteiger partial charge on any atom is 0.295 e. The summed E-state index contributed by atoms with van der Waals surface area (Å²) in [6, 6.07) is 10.5. The van der Waals surface area contributed by atoms with Gasteiger partial charge in [0.05, 0.1) is 23.9 Å². The summed E-state index contributed by atoms with van der Waals surface area (Å²) in [6.45, 7) is 9.36. The maximum absolute atomic E-state index is 13.4. The number of methoxy groups -OCH3 is 1. The zero-order valence-corrected chi connectivity index (χ0v) is 22.2. The van der Waals surface area contributed by atoms with E-state index in [-0.39, 0.29) is 11.3 Å². The molecule has 3 aromatic rings. The molecular formula is C29H35N3O5. The smallest absolute Gasteiger partial charge is 0.295 e. The number of nitrogens with zero attached hydrogens (tertiary/aromatic N) is 3. The Morgan fingerprint density at radius 3 is 2.62 bits per heavy atom. The highest BCUT2D eigenvalue weighted by Crippen LogP contribution is 2.40. The molecule has 0 saturated carbocycles. The van der Waals surface area contributed by atoms with Crippen LogP contribution in [-0.2, 0) is 14.3 Å². The molecule has 1 aromatic carbocycles. The van der Waals surface area contributed by atoms with E-state index in [1.807, 2.05) is 60.8 Å². The first-order valence-corrected chi connectivity index (χ1v) is 12.7. The van der Waals surface area contributed by atoms with E-state index in [2.05, 4.69) is 18.8 Å². The summed E-state index contributed by atoms with van der Waals surface area (Å²) in [6.07, 6.45) is 3.32. The van der Waals surface area contributed by atoms with Crippen molar-refractivity contribution in [1.82, 2.24) is 14.3 Å². The van der Waals surface area contributed by atoms with Gasteiger partial charge in [-0.05, 0) is 61.9 Å². The van der Waals surface area contributed by atoms with Crippen LogP contribution in [0.3, 0.4) is 0 Å². The van der Waals surface area contributed by atoms with Gasteiger partial charge in [-0.15, -0.1) is 0 Å². The minimum absolute atomic E-state index is 0.0332. The zero-order valence-electron chi connectivity index (χ0n) is 22.2. The topological polar surface area (TPSA) is 93.4 Å². The number of ether oxygens (including phenoxy) is 2. The number of fused-ring (bicyclic) bond motifs is 1. The molecule has 8 nitrogen and oxygen atoms in total. The van der Waals surface area contributed by atoms with Gasteiger partial charge in [-0.3, -0.25) is 9.59 Å². The molecule has 1 fully saturated rings. The molecule has 0 bridgehead atoms. The van der Waals surface area contributed by atoms with Crippen LogP contribution in [0, 0.1) is 19.8 Å². The molecule has 2 aromatic heterocycles. The molecule has 1 unspecified atom stereocenters. The Morgan fingerprint density at radius 1 is 1.14 bits per heavy atom. The summed E-state index contributed by atoms with van der Waals surface area (Å²) in [4.78, 5) is 32.7. The second-order valence-electron chi connectivity index (χ2n) is 9.87. The van der Waals surface area contributed by atoms with Crippen molar-refractivity contribution < 1.29 is 24.2 Å². The van der Waals surface area contributed by atoms with Crippen molar-refractivity contribution in [2.45, 2.75) is 46.6 Å². The predicted octanol–water partition coefficient (Wildman–Crippen LogP) is 4.83. The SMILES string of the molecule is COCCCN1C(=O)C(=O)/C(=C(/O)c2nc3c(C)cccn3c2C)C1c1cccc(OCCC(C)C)c1. The Bertz CT molecular complexity index is 1340. The monoisotopic (exact) mass is 505 g/mol. The molecule has 196 valence electrons. The van der Waals surface area contributed by atoms with Crippen LogP contribution < -0.4 is 4.74 Å². The summed E-state index contributed by atoms with van der Waals surface area (Å²) < 4.78 is 13.0. The lowest BCUT2D eigenvalue weighted by molar-refractivity contribution is -0.140. The maximum atomic E-state index is 13.4. The van der Waals surface area contributed by atoms with Gasteiger partial charge in [-0.2, -0.15) is 0 Å². The largest absolute Gasteiger partial charge is 0.505 e. The lowest BCUT2D eigenvalue weighted by Gasteiger charge is -2.25. The van der Waals surface area contributed by atoms with Gasteiger partial charge < -0.3 is 23.9 Å². The van der Waals surface area contributed by atoms with E-state index in [1.165, 1.54) is 4.90 Å². The van der Waals surface area contributed by atoms with Gasteiger partial charge in [-0.25, -0.2) is 4.98 Å². The number of aromatic nitrogens is 2. The Kier molecular flexibility index (Phi) is 7.97. The number of pyridine rings is 1. The number of ketones is 1. The van der Waals surface area contributed by atoms with Gasteiger partial charge in [0.15, 0.2) is 5.76 Å². The third-order valence-corrected chi connectivity index (χ3v) is 6.73. The number of imidazole rings is 1. The molecular weight excluding hydrogens is 470 g/mol. The Balaban J connectivity index is 1.82. The van der Waals surface area contributed by atoms with Crippen LogP contribution >= 0.6 is 0 Å². The number of carbonyl (C=O) groups is 2. The average molecular weight is 506 g/mol. The fourth-order valence-electron chi connectivity index (χ4n) is 4.70. The number of aliphatic hydroxyl groups is 1. The number of aryl methyl sites for hydroxylation is 2. The van der Waals surface area contributed by atoms with Gasteiger partial charge in [0.1, 0.15) is 17.1 Å². The molecule has 4 rings (SSSR count). The quantitative estimate of drug-likeness (QED) is 0.184. The van der Waals surface area contributed by atoms with Crippen molar-refractivity contribution >= 4 is 23.1 Å². The van der Waals surface area contributed by atoms with Crippen LogP contribution in [-0.4, -0.2) is 57.9 Å². The van der Waals surface area contributed by atoms with E-state index < -0.39 is 17.7 Å². The van der Waals surface area contributed by atoms with Crippen LogP contribution in [0.1, 0.15) is 55.2 Å². The van der Waals surface area contributed by atoms with Gasteiger partial charge in [0.2, 0.25) is 0 Å². The molecule has 0 spiro atoms. The van der Waals surface area contributed by atoms with Crippen LogP contribution in [0.4, 0.5) is 0 Å². The Hall–Kier alpha value is -3.65. The van der Waals surface area contributed by atoms with Crippen molar-refractivity contribution in [1.29, 1.82) is 0 Å². The highest BCUT2D eigenvalue weighted by Gasteiger charge is 2.46. The molecule has 37 heavy (non-hydrogen) atoms. The van der Waals surface area contributed by atoms with E-state index in [0.717, 1.165) is 12.0 Å². The molecule has 8 heteroatoms. The molecule has 1 N–H and O–H groups in total. The highest BCUT2D eigenvalue weighted by molar-refractivity contribution is 6.46.